The summed E-state index contributed by atoms with van der Waals surface area (Å²) in [6.07, 6.45) is 3.49. The van der Waals surface area contributed by atoms with E-state index < -0.39 is 11.7 Å². The predicted octanol–water partition coefficient (Wildman–Crippen LogP) is 6.97. The Morgan fingerprint density at radius 2 is 2.00 bits per heavy atom. The summed E-state index contributed by atoms with van der Waals surface area (Å²) in [6, 6.07) is 7.08. The second-order valence-electron chi connectivity index (χ2n) is 8.56. The molecule has 1 aromatic carbocycles. The summed E-state index contributed by atoms with van der Waals surface area (Å²) in [6.45, 7) is 8.13. The average molecular weight is 455 g/mol. The first kappa shape index (κ1) is 24.5. The number of pyridine rings is 1. The van der Waals surface area contributed by atoms with Crippen LogP contribution in [0.4, 0.5) is 13.2 Å². The van der Waals surface area contributed by atoms with Crippen LogP contribution in [0.25, 0.3) is 11.6 Å². The Morgan fingerprint density at radius 3 is 2.73 bits per heavy atom. The maximum atomic E-state index is 12.8. The summed E-state index contributed by atoms with van der Waals surface area (Å²) in [4.78, 5) is 16.9. The van der Waals surface area contributed by atoms with Crippen LogP contribution in [-0.4, -0.2) is 10.9 Å². The minimum absolute atomic E-state index is 0.0921. The fourth-order valence-corrected chi connectivity index (χ4v) is 3.92. The van der Waals surface area contributed by atoms with E-state index in [0.717, 1.165) is 60.3 Å². The van der Waals surface area contributed by atoms with E-state index in [1.165, 1.54) is 11.6 Å². The molecule has 1 aliphatic carbocycles. The molecule has 3 nitrogen and oxygen atoms in total. The number of amides is 1. The van der Waals surface area contributed by atoms with Gasteiger partial charge in [0.2, 0.25) is 5.91 Å². The summed E-state index contributed by atoms with van der Waals surface area (Å²) in [5.74, 6) is 0.0411. The third kappa shape index (κ3) is 6.69. The molecule has 1 N–H and O–H groups in total. The standard InChI is InChI=1S/C27H29F3N2O/c1-18(2)24-15-19(3)23-13-8-11-21(26(23)32-24)10-5-4-6-14-25(33)31-17-20-9-7-12-22(16-20)27(28,29)30/h7,9,11-13,15-16,21H,1,4-6,10,14,17H2,2-3H3,(H,31,33). The lowest BCUT2D eigenvalue weighted by Crippen LogP contribution is -2.22. The van der Waals surface area contributed by atoms with Gasteiger partial charge in [-0.05, 0) is 73.7 Å². The van der Waals surface area contributed by atoms with Crippen molar-refractivity contribution in [3.8, 4) is 0 Å². The van der Waals surface area contributed by atoms with E-state index in [0.29, 0.717) is 12.0 Å². The van der Waals surface area contributed by atoms with E-state index in [9.17, 15) is 18.0 Å². The van der Waals surface area contributed by atoms with E-state index in [2.05, 4.69) is 36.7 Å². The largest absolute Gasteiger partial charge is 0.416 e. The first-order chi connectivity index (χ1) is 15.6. The van der Waals surface area contributed by atoms with Crippen LogP contribution < -0.4 is 5.32 Å². The number of aromatic nitrogens is 1. The summed E-state index contributed by atoms with van der Waals surface area (Å²) < 4.78 is 38.4. The molecule has 1 unspecified atom stereocenters. The van der Waals surface area contributed by atoms with E-state index in [4.69, 9.17) is 4.98 Å². The molecule has 0 aliphatic heterocycles. The van der Waals surface area contributed by atoms with Crippen molar-refractivity contribution in [2.45, 2.75) is 64.6 Å². The maximum Gasteiger partial charge on any atom is 0.416 e. The summed E-state index contributed by atoms with van der Waals surface area (Å²) in [5.41, 5.74) is 8.18. The molecule has 2 aromatic rings. The number of benzene rings is 1. The smallest absolute Gasteiger partial charge is 0.352 e. The van der Waals surface area contributed by atoms with E-state index in [1.807, 2.05) is 13.0 Å². The molecular formula is C27H29F3N2O. The van der Waals surface area contributed by atoms with Gasteiger partial charge < -0.3 is 5.32 Å². The molecule has 3 rings (SSSR count). The number of alkyl halides is 3. The number of hydrogen-bond donors (Lipinski definition) is 1. The van der Waals surface area contributed by atoms with Gasteiger partial charge in [0.15, 0.2) is 0 Å². The Morgan fingerprint density at radius 1 is 1.21 bits per heavy atom. The molecule has 0 saturated carbocycles. The van der Waals surface area contributed by atoms with Gasteiger partial charge in [-0.2, -0.15) is 13.2 Å². The van der Waals surface area contributed by atoms with Crippen molar-refractivity contribution in [3.63, 3.8) is 0 Å². The minimum Gasteiger partial charge on any atom is -0.352 e. The number of carbonyl (C=O) groups excluding carboxylic acids is 1. The van der Waals surface area contributed by atoms with Crippen molar-refractivity contribution in [1.29, 1.82) is 0 Å². The number of rotatable bonds is 9. The molecule has 1 heterocycles. The molecule has 1 amide bonds. The zero-order valence-corrected chi connectivity index (χ0v) is 19.1. The second-order valence-corrected chi connectivity index (χ2v) is 8.56. The average Bonchev–Trinajstić information content (AvgIpc) is 2.77. The molecule has 0 saturated heterocycles. The van der Waals surface area contributed by atoms with Crippen LogP contribution in [0.2, 0.25) is 0 Å². The van der Waals surface area contributed by atoms with Crippen LogP contribution in [0.15, 0.2) is 48.7 Å². The van der Waals surface area contributed by atoms with Crippen LogP contribution in [0.3, 0.4) is 0 Å². The van der Waals surface area contributed by atoms with E-state index >= 15 is 0 Å². The Labute approximate surface area is 193 Å². The van der Waals surface area contributed by atoms with E-state index in [1.54, 1.807) is 6.07 Å². The molecule has 6 heteroatoms. The van der Waals surface area contributed by atoms with Gasteiger partial charge in [0.1, 0.15) is 0 Å². The molecule has 1 atom stereocenters. The Kier molecular flexibility index (Phi) is 7.93. The van der Waals surface area contributed by atoms with Gasteiger partial charge >= 0.3 is 6.18 Å². The van der Waals surface area contributed by atoms with Gasteiger partial charge in [-0.15, -0.1) is 5.73 Å². The quantitative estimate of drug-likeness (QED) is 0.328. The molecule has 0 bridgehead atoms. The van der Waals surface area contributed by atoms with Crippen molar-refractivity contribution in [2.24, 2.45) is 0 Å². The first-order valence-corrected chi connectivity index (χ1v) is 11.2. The number of nitrogens with one attached hydrogen (secondary N) is 1. The fourth-order valence-electron chi connectivity index (χ4n) is 3.92. The number of carbonyl (C=O) groups is 1. The van der Waals surface area contributed by atoms with Crippen molar-refractivity contribution >= 4 is 17.6 Å². The maximum absolute atomic E-state index is 12.8. The van der Waals surface area contributed by atoms with Crippen LogP contribution in [-0.2, 0) is 17.5 Å². The lowest BCUT2D eigenvalue weighted by molar-refractivity contribution is -0.137. The number of fused-ring (bicyclic) bond motifs is 1. The highest BCUT2D eigenvalue weighted by atomic mass is 19.4. The number of hydrogen-bond acceptors (Lipinski definition) is 2. The third-order valence-electron chi connectivity index (χ3n) is 5.77. The highest BCUT2D eigenvalue weighted by Gasteiger charge is 2.30. The van der Waals surface area contributed by atoms with Gasteiger partial charge in [-0.25, -0.2) is 0 Å². The van der Waals surface area contributed by atoms with Gasteiger partial charge in [-0.3, -0.25) is 9.78 Å². The molecular weight excluding hydrogens is 425 g/mol. The first-order valence-electron chi connectivity index (χ1n) is 11.2. The van der Waals surface area contributed by atoms with Crippen LogP contribution in [0.1, 0.15) is 78.6 Å². The topological polar surface area (TPSA) is 42.0 Å². The molecule has 0 fully saturated rings. The SMILES string of the molecule is C=C(C)c1cc(C)c2c(n1)C(CCCCCC(=O)NCc1cccc(C(F)(F)F)c1)C=C=C2. The zero-order chi connectivity index (χ0) is 24.0. The third-order valence-corrected chi connectivity index (χ3v) is 5.77. The monoisotopic (exact) mass is 454 g/mol. The number of nitrogens with zero attached hydrogens (tertiary/aromatic N) is 1. The van der Waals surface area contributed by atoms with Crippen molar-refractivity contribution < 1.29 is 18.0 Å². The highest BCUT2D eigenvalue weighted by molar-refractivity contribution is 5.75. The molecule has 33 heavy (non-hydrogen) atoms. The summed E-state index contributed by atoms with van der Waals surface area (Å²) >= 11 is 0. The number of aryl methyl sites for hydroxylation is 1. The Balaban J connectivity index is 1.43. The fraction of sp³-hybridized carbons (Fsp3) is 0.370. The zero-order valence-electron chi connectivity index (χ0n) is 19.1. The van der Waals surface area contributed by atoms with Gasteiger partial charge in [0, 0.05) is 24.4 Å². The predicted molar refractivity (Wildman–Crippen MR) is 125 cm³/mol. The van der Waals surface area contributed by atoms with Gasteiger partial charge in [0.25, 0.3) is 0 Å². The Hall–Kier alpha value is -3.11. The number of halogens is 3. The molecule has 1 aromatic heterocycles. The lowest BCUT2D eigenvalue weighted by Gasteiger charge is -2.19. The normalized spacial score (nSPS) is 14.8. The Bertz CT molecular complexity index is 1100. The van der Waals surface area contributed by atoms with Crippen molar-refractivity contribution in [1.82, 2.24) is 10.3 Å². The number of allylic oxidation sites excluding steroid dienone is 2. The summed E-state index contributed by atoms with van der Waals surface area (Å²) in [7, 11) is 0. The van der Waals surface area contributed by atoms with Gasteiger partial charge in [0.05, 0.1) is 17.0 Å². The van der Waals surface area contributed by atoms with Crippen LogP contribution in [0.5, 0.6) is 0 Å². The molecule has 0 radical (unpaired) electrons. The second kappa shape index (κ2) is 10.7. The lowest BCUT2D eigenvalue weighted by atomic mass is 9.88. The minimum atomic E-state index is -4.38. The van der Waals surface area contributed by atoms with Crippen molar-refractivity contribution in [3.05, 3.63) is 82.4 Å². The molecule has 174 valence electrons. The van der Waals surface area contributed by atoms with Crippen LogP contribution in [0, 0.1) is 6.92 Å². The summed E-state index contributed by atoms with van der Waals surface area (Å²) in [5, 5.41) is 2.71. The van der Waals surface area contributed by atoms with Crippen molar-refractivity contribution in [2.75, 3.05) is 0 Å². The molecule has 0 spiro atoms. The number of unbranched alkanes of at least 4 members (excludes halogenated alkanes) is 2. The van der Waals surface area contributed by atoms with Gasteiger partial charge in [-0.1, -0.05) is 31.6 Å². The highest BCUT2D eigenvalue weighted by Crippen LogP contribution is 2.32. The van der Waals surface area contributed by atoms with Crippen LogP contribution >= 0.6 is 0 Å². The molecule has 1 aliphatic rings. The van der Waals surface area contributed by atoms with E-state index in [-0.39, 0.29) is 18.4 Å².